The van der Waals surface area contributed by atoms with Crippen LogP contribution >= 0.6 is 15.9 Å². The summed E-state index contributed by atoms with van der Waals surface area (Å²) in [5.74, 6) is -0.606. The molecule has 23 heavy (non-hydrogen) atoms. The molecule has 0 saturated carbocycles. The topological polar surface area (TPSA) is 83.4 Å². The van der Waals surface area contributed by atoms with Gasteiger partial charge in [-0.05, 0) is 42.3 Å². The maximum absolute atomic E-state index is 12.9. The van der Waals surface area contributed by atoms with E-state index < -0.39 is 15.8 Å². The first-order valence-electron chi connectivity index (χ1n) is 6.89. The SMILES string of the molecule is O=c1[nH]c2ccc(S(=O)(=O)N3CCc4cc(Br)ccc43)cc2o1. The Morgan fingerprint density at radius 3 is 2.83 bits per heavy atom. The molecule has 1 aliphatic heterocycles. The summed E-state index contributed by atoms with van der Waals surface area (Å²) < 4.78 is 33.1. The Morgan fingerprint density at radius 2 is 2.00 bits per heavy atom. The largest absolute Gasteiger partial charge is 0.417 e. The first kappa shape index (κ1) is 14.5. The second-order valence-electron chi connectivity index (χ2n) is 5.27. The summed E-state index contributed by atoms with van der Waals surface area (Å²) in [6.45, 7) is 0.392. The molecule has 3 aromatic rings. The van der Waals surface area contributed by atoms with E-state index in [0.29, 0.717) is 24.2 Å². The number of nitrogens with zero attached hydrogens (tertiary/aromatic N) is 1. The highest BCUT2D eigenvalue weighted by Crippen LogP contribution is 2.35. The summed E-state index contributed by atoms with van der Waals surface area (Å²) in [5.41, 5.74) is 2.37. The van der Waals surface area contributed by atoms with E-state index in [1.165, 1.54) is 22.5 Å². The van der Waals surface area contributed by atoms with E-state index in [2.05, 4.69) is 20.9 Å². The molecule has 0 atom stereocenters. The number of benzene rings is 2. The number of hydrogen-bond donors (Lipinski definition) is 1. The first-order valence-corrected chi connectivity index (χ1v) is 9.12. The molecule has 2 heterocycles. The third-order valence-electron chi connectivity index (χ3n) is 3.87. The van der Waals surface area contributed by atoms with Crippen molar-refractivity contribution in [2.75, 3.05) is 10.8 Å². The van der Waals surface area contributed by atoms with Gasteiger partial charge in [0.05, 0.1) is 16.1 Å². The molecule has 118 valence electrons. The van der Waals surface area contributed by atoms with Crippen molar-refractivity contribution in [3.8, 4) is 0 Å². The van der Waals surface area contributed by atoms with Crippen LogP contribution in [0, 0.1) is 0 Å². The van der Waals surface area contributed by atoms with Gasteiger partial charge in [0.15, 0.2) is 5.58 Å². The average Bonchev–Trinajstić information content (AvgIpc) is 3.08. The molecule has 1 N–H and O–H groups in total. The van der Waals surface area contributed by atoms with Crippen LogP contribution in [0.5, 0.6) is 0 Å². The van der Waals surface area contributed by atoms with Gasteiger partial charge < -0.3 is 4.42 Å². The minimum Gasteiger partial charge on any atom is -0.408 e. The van der Waals surface area contributed by atoms with Gasteiger partial charge in [0.1, 0.15) is 0 Å². The Balaban J connectivity index is 1.83. The summed E-state index contributed by atoms with van der Waals surface area (Å²) in [5, 5.41) is 0. The van der Waals surface area contributed by atoms with Crippen molar-refractivity contribution in [3.63, 3.8) is 0 Å². The van der Waals surface area contributed by atoms with Crippen molar-refractivity contribution in [2.24, 2.45) is 0 Å². The smallest absolute Gasteiger partial charge is 0.408 e. The lowest BCUT2D eigenvalue weighted by molar-refractivity contribution is 0.554. The number of oxazole rings is 1. The Morgan fingerprint density at radius 1 is 1.17 bits per heavy atom. The quantitative estimate of drug-likeness (QED) is 0.723. The first-order chi connectivity index (χ1) is 10.9. The molecule has 6 nitrogen and oxygen atoms in total. The maximum Gasteiger partial charge on any atom is 0.417 e. The minimum absolute atomic E-state index is 0.100. The normalized spacial score (nSPS) is 14.4. The molecular weight excluding hydrogens is 384 g/mol. The Bertz CT molecular complexity index is 1080. The number of hydrogen-bond acceptors (Lipinski definition) is 4. The number of aromatic amines is 1. The predicted octanol–water partition coefficient (Wildman–Crippen LogP) is 2.64. The third-order valence-corrected chi connectivity index (χ3v) is 6.18. The Labute approximate surface area is 139 Å². The standard InChI is InChI=1S/C15H11BrN2O4S/c16-10-1-4-13-9(7-10)5-6-18(13)23(20,21)11-2-3-12-14(8-11)22-15(19)17-12/h1-4,7-8H,5-6H2,(H,17,19). The van der Waals surface area contributed by atoms with Crippen LogP contribution in [0.15, 0.2) is 55.0 Å². The van der Waals surface area contributed by atoms with E-state index in [9.17, 15) is 13.2 Å². The maximum atomic E-state index is 12.9. The molecule has 0 saturated heterocycles. The van der Waals surface area contributed by atoms with Gasteiger partial charge in [-0.25, -0.2) is 13.2 Å². The fourth-order valence-corrected chi connectivity index (χ4v) is 4.73. The highest BCUT2D eigenvalue weighted by Gasteiger charge is 2.31. The molecule has 0 aliphatic carbocycles. The molecule has 0 spiro atoms. The zero-order valence-electron chi connectivity index (χ0n) is 11.7. The van der Waals surface area contributed by atoms with Gasteiger partial charge in [0.25, 0.3) is 10.0 Å². The number of fused-ring (bicyclic) bond motifs is 2. The second kappa shape index (κ2) is 4.97. The average molecular weight is 395 g/mol. The zero-order valence-corrected chi connectivity index (χ0v) is 14.1. The lowest BCUT2D eigenvalue weighted by Gasteiger charge is -2.19. The summed E-state index contributed by atoms with van der Waals surface area (Å²) in [4.78, 5) is 13.8. The van der Waals surface area contributed by atoms with Crippen molar-refractivity contribution in [1.29, 1.82) is 0 Å². The van der Waals surface area contributed by atoms with Crippen LogP contribution in [0.2, 0.25) is 0 Å². The number of H-pyrrole nitrogens is 1. The highest BCUT2D eigenvalue weighted by molar-refractivity contribution is 9.10. The van der Waals surface area contributed by atoms with Gasteiger partial charge in [-0.15, -0.1) is 0 Å². The molecule has 1 aromatic heterocycles. The monoisotopic (exact) mass is 394 g/mol. The predicted molar refractivity (Wildman–Crippen MR) is 89.2 cm³/mol. The van der Waals surface area contributed by atoms with Gasteiger partial charge in [-0.3, -0.25) is 9.29 Å². The van der Waals surface area contributed by atoms with Crippen LogP contribution in [-0.2, 0) is 16.4 Å². The summed E-state index contributed by atoms with van der Waals surface area (Å²) in [7, 11) is -3.71. The van der Waals surface area contributed by atoms with Gasteiger partial charge in [-0.2, -0.15) is 0 Å². The van der Waals surface area contributed by atoms with E-state index in [1.807, 2.05) is 12.1 Å². The Hall–Kier alpha value is -2.06. The van der Waals surface area contributed by atoms with Crippen molar-refractivity contribution >= 4 is 42.7 Å². The lowest BCUT2D eigenvalue weighted by atomic mass is 10.2. The zero-order chi connectivity index (χ0) is 16.2. The van der Waals surface area contributed by atoms with Crippen molar-refractivity contribution in [3.05, 3.63) is 57.0 Å². The molecular formula is C15H11BrN2O4S. The Kier molecular flexibility index (Phi) is 3.14. The number of anilines is 1. The van der Waals surface area contributed by atoms with Crippen LogP contribution in [-0.4, -0.2) is 19.9 Å². The van der Waals surface area contributed by atoms with Crippen LogP contribution in [0.1, 0.15) is 5.56 Å². The van der Waals surface area contributed by atoms with E-state index in [0.717, 1.165) is 10.0 Å². The fourth-order valence-electron chi connectivity index (χ4n) is 2.80. The molecule has 0 amide bonds. The second-order valence-corrected chi connectivity index (χ2v) is 8.05. The van der Waals surface area contributed by atoms with Crippen molar-refractivity contribution in [2.45, 2.75) is 11.3 Å². The van der Waals surface area contributed by atoms with E-state index in [-0.39, 0.29) is 10.5 Å². The van der Waals surface area contributed by atoms with Crippen molar-refractivity contribution < 1.29 is 12.8 Å². The molecule has 4 rings (SSSR count). The van der Waals surface area contributed by atoms with Crippen LogP contribution in [0.25, 0.3) is 11.1 Å². The van der Waals surface area contributed by atoms with Gasteiger partial charge >= 0.3 is 5.76 Å². The molecule has 0 radical (unpaired) electrons. The minimum atomic E-state index is -3.71. The van der Waals surface area contributed by atoms with Gasteiger partial charge in [0.2, 0.25) is 0 Å². The summed E-state index contributed by atoms with van der Waals surface area (Å²) in [6, 6.07) is 9.92. The molecule has 8 heteroatoms. The summed E-state index contributed by atoms with van der Waals surface area (Å²) >= 11 is 3.40. The van der Waals surface area contributed by atoms with Crippen molar-refractivity contribution in [1.82, 2.24) is 4.98 Å². The van der Waals surface area contributed by atoms with Crippen LogP contribution < -0.4 is 10.1 Å². The van der Waals surface area contributed by atoms with Crippen LogP contribution in [0.4, 0.5) is 5.69 Å². The van der Waals surface area contributed by atoms with E-state index in [4.69, 9.17) is 4.42 Å². The van der Waals surface area contributed by atoms with E-state index in [1.54, 1.807) is 6.07 Å². The lowest BCUT2D eigenvalue weighted by Crippen LogP contribution is -2.29. The third kappa shape index (κ3) is 2.29. The fraction of sp³-hybridized carbons (Fsp3) is 0.133. The molecule has 0 unspecified atom stereocenters. The molecule has 1 aliphatic rings. The number of halogens is 1. The molecule has 0 fully saturated rings. The van der Waals surface area contributed by atoms with Gasteiger partial charge in [-0.1, -0.05) is 15.9 Å². The van der Waals surface area contributed by atoms with Crippen LogP contribution in [0.3, 0.4) is 0 Å². The highest BCUT2D eigenvalue weighted by atomic mass is 79.9. The van der Waals surface area contributed by atoms with Gasteiger partial charge in [0, 0.05) is 17.1 Å². The number of nitrogens with one attached hydrogen (secondary N) is 1. The number of rotatable bonds is 2. The summed E-state index contributed by atoms with van der Waals surface area (Å²) in [6.07, 6.45) is 0.662. The van der Waals surface area contributed by atoms with E-state index >= 15 is 0 Å². The number of aromatic nitrogens is 1. The molecule has 0 bridgehead atoms. The molecule has 2 aromatic carbocycles. The number of sulfonamides is 1.